The second-order valence-corrected chi connectivity index (χ2v) is 4.35. The van der Waals surface area contributed by atoms with Gasteiger partial charge in [-0.25, -0.2) is 0 Å². The van der Waals surface area contributed by atoms with Gasteiger partial charge in [-0.3, -0.25) is 9.69 Å². The zero-order chi connectivity index (χ0) is 14.5. The van der Waals surface area contributed by atoms with Gasteiger partial charge in [-0.15, -0.1) is 0 Å². The van der Waals surface area contributed by atoms with Gasteiger partial charge < -0.3 is 4.74 Å². The van der Waals surface area contributed by atoms with Crippen LogP contribution in [0.3, 0.4) is 0 Å². The van der Waals surface area contributed by atoms with Crippen molar-refractivity contribution in [3.63, 3.8) is 0 Å². The molecule has 1 rings (SSSR count). The normalized spacial score (nSPS) is 18.5. The first-order valence-electron chi connectivity index (χ1n) is 6.14. The molecular formula is C13H18F3NO2. The van der Waals surface area contributed by atoms with Crippen LogP contribution in [0.15, 0.2) is 24.0 Å². The largest absolute Gasteiger partial charge is 0.492 e. The van der Waals surface area contributed by atoms with Crippen molar-refractivity contribution in [2.45, 2.75) is 25.9 Å². The van der Waals surface area contributed by atoms with E-state index >= 15 is 0 Å². The van der Waals surface area contributed by atoms with Crippen molar-refractivity contribution in [2.24, 2.45) is 0 Å². The number of piperidine rings is 1. The summed E-state index contributed by atoms with van der Waals surface area (Å²) in [5, 5.41) is 0. The molecule has 0 saturated carbocycles. The summed E-state index contributed by atoms with van der Waals surface area (Å²) in [5.41, 5.74) is -0.846. The first-order chi connectivity index (χ1) is 8.84. The van der Waals surface area contributed by atoms with Crippen molar-refractivity contribution in [3.8, 4) is 0 Å². The Bertz CT molecular complexity index is 365. The molecule has 0 N–H and O–H groups in total. The highest BCUT2D eigenvalue weighted by atomic mass is 19.4. The molecule has 0 aliphatic carbocycles. The van der Waals surface area contributed by atoms with E-state index in [1.807, 2.05) is 4.90 Å². The summed E-state index contributed by atoms with van der Waals surface area (Å²) in [7, 11) is 0. The van der Waals surface area contributed by atoms with E-state index in [0.717, 1.165) is 6.08 Å². The van der Waals surface area contributed by atoms with Crippen molar-refractivity contribution < 1.29 is 22.7 Å². The molecule has 0 bridgehead atoms. The van der Waals surface area contributed by atoms with Crippen LogP contribution < -0.4 is 0 Å². The van der Waals surface area contributed by atoms with Crippen LogP contribution in [0.4, 0.5) is 13.2 Å². The second-order valence-electron chi connectivity index (χ2n) is 4.35. The van der Waals surface area contributed by atoms with Crippen LogP contribution >= 0.6 is 0 Å². The van der Waals surface area contributed by atoms with Crippen molar-refractivity contribution in [2.75, 3.05) is 26.2 Å². The fourth-order valence-electron chi connectivity index (χ4n) is 1.88. The quantitative estimate of drug-likeness (QED) is 0.571. The van der Waals surface area contributed by atoms with Gasteiger partial charge in [-0.05, 0) is 6.92 Å². The number of ether oxygens (including phenoxy) is 1. The van der Waals surface area contributed by atoms with E-state index in [0.29, 0.717) is 32.5 Å². The number of carbonyl (C=O) groups excluding carboxylic acids is 1. The monoisotopic (exact) mass is 277 g/mol. The molecule has 0 aromatic carbocycles. The van der Waals surface area contributed by atoms with Crippen LogP contribution in [0.2, 0.25) is 0 Å². The average Bonchev–Trinajstić information content (AvgIpc) is 2.30. The number of halogens is 3. The highest BCUT2D eigenvalue weighted by Gasteiger charge is 2.35. The number of ketones is 1. The van der Waals surface area contributed by atoms with E-state index in [1.165, 1.54) is 6.92 Å². The van der Waals surface area contributed by atoms with Crippen molar-refractivity contribution in [1.82, 2.24) is 4.90 Å². The molecule has 108 valence electrons. The zero-order valence-electron chi connectivity index (χ0n) is 10.9. The van der Waals surface area contributed by atoms with Crippen LogP contribution in [0, 0.1) is 0 Å². The number of hydrogen-bond donors (Lipinski definition) is 0. The molecule has 3 nitrogen and oxygen atoms in total. The first-order valence-corrected chi connectivity index (χ1v) is 6.14. The zero-order valence-corrected chi connectivity index (χ0v) is 10.9. The number of Topliss-reactive ketones (excluding diaryl/α,β-unsaturated/α-hetero) is 1. The van der Waals surface area contributed by atoms with Crippen molar-refractivity contribution in [3.05, 3.63) is 24.0 Å². The molecule has 0 radical (unpaired) electrons. The maximum atomic E-state index is 12.5. The lowest BCUT2D eigenvalue weighted by atomic mass is 10.1. The lowest BCUT2D eigenvalue weighted by Crippen LogP contribution is -2.36. The minimum Gasteiger partial charge on any atom is -0.492 e. The van der Waals surface area contributed by atoms with E-state index in [2.05, 4.69) is 6.58 Å². The van der Waals surface area contributed by atoms with Gasteiger partial charge in [0, 0.05) is 32.5 Å². The highest BCUT2D eigenvalue weighted by molar-refractivity contribution is 5.79. The standard InChI is InChI=1S/C13H18F3NO2/c1-3-12(13(14,15)16)10(2)19-9-8-17-6-4-11(18)5-7-17/h3H,2,4-9H2,1H3/b12-3+. The van der Waals surface area contributed by atoms with Crippen LogP contribution in [-0.2, 0) is 9.53 Å². The molecule has 0 spiro atoms. The van der Waals surface area contributed by atoms with E-state index < -0.39 is 11.7 Å². The number of nitrogens with zero attached hydrogens (tertiary/aromatic N) is 1. The van der Waals surface area contributed by atoms with Gasteiger partial charge in [0.1, 0.15) is 18.1 Å². The molecule has 1 aliphatic heterocycles. The summed E-state index contributed by atoms with van der Waals surface area (Å²) in [6.45, 7) is 6.53. The maximum Gasteiger partial charge on any atom is 0.419 e. The average molecular weight is 277 g/mol. The van der Waals surface area contributed by atoms with Gasteiger partial charge in [0.05, 0.1) is 5.57 Å². The summed E-state index contributed by atoms with van der Waals surface area (Å²) >= 11 is 0. The number of rotatable bonds is 5. The summed E-state index contributed by atoms with van der Waals surface area (Å²) in [5.74, 6) is -0.127. The predicted molar refractivity (Wildman–Crippen MR) is 65.6 cm³/mol. The highest BCUT2D eigenvalue weighted by Crippen LogP contribution is 2.30. The smallest absolute Gasteiger partial charge is 0.419 e. The molecule has 19 heavy (non-hydrogen) atoms. The summed E-state index contributed by atoms with van der Waals surface area (Å²) in [6, 6.07) is 0. The van der Waals surface area contributed by atoms with Crippen molar-refractivity contribution >= 4 is 5.78 Å². The number of alkyl halides is 3. The third-order valence-corrected chi connectivity index (χ3v) is 2.99. The van der Waals surface area contributed by atoms with E-state index in [9.17, 15) is 18.0 Å². The van der Waals surface area contributed by atoms with Crippen LogP contribution in [0.25, 0.3) is 0 Å². The molecule has 0 aromatic heterocycles. The van der Waals surface area contributed by atoms with Gasteiger partial charge in [-0.1, -0.05) is 12.7 Å². The number of carbonyl (C=O) groups is 1. The van der Waals surface area contributed by atoms with Crippen LogP contribution in [0.1, 0.15) is 19.8 Å². The number of hydrogen-bond acceptors (Lipinski definition) is 3. The Kier molecular flexibility index (Phi) is 5.60. The summed E-state index contributed by atoms with van der Waals surface area (Å²) in [6.07, 6.45) is -2.49. The molecule has 0 aromatic rings. The van der Waals surface area contributed by atoms with E-state index in [-0.39, 0.29) is 18.1 Å². The van der Waals surface area contributed by atoms with Crippen LogP contribution in [-0.4, -0.2) is 43.1 Å². The van der Waals surface area contributed by atoms with Gasteiger partial charge in [0.25, 0.3) is 0 Å². The Balaban J connectivity index is 2.33. The molecule has 0 amide bonds. The molecule has 1 saturated heterocycles. The predicted octanol–water partition coefficient (Wildman–Crippen LogP) is 2.69. The molecule has 1 aliphatic rings. The molecule has 6 heteroatoms. The Morgan fingerprint density at radius 3 is 2.47 bits per heavy atom. The Labute approximate surface area is 110 Å². The summed E-state index contributed by atoms with van der Waals surface area (Å²) < 4.78 is 42.7. The maximum absolute atomic E-state index is 12.5. The minimum atomic E-state index is -4.44. The Hall–Kier alpha value is -1.30. The SMILES string of the molecule is C=C(OCCN1CCC(=O)CC1)/C(=C\C)C(F)(F)F. The third kappa shape index (κ3) is 5.06. The second kappa shape index (κ2) is 6.75. The van der Waals surface area contributed by atoms with Crippen LogP contribution in [0.5, 0.6) is 0 Å². The van der Waals surface area contributed by atoms with Gasteiger partial charge in [0.2, 0.25) is 0 Å². The number of allylic oxidation sites excluding steroid dienone is 2. The molecule has 0 atom stereocenters. The van der Waals surface area contributed by atoms with Gasteiger partial charge in [0.15, 0.2) is 0 Å². The lowest BCUT2D eigenvalue weighted by Gasteiger charge is -2.26. The Morgan fingerprint density at radius 1 is 1.42 bits per heavy atom. The van der Waals surface area contributed by atoms with E-state index in [4.69, 9.17) is 4.74 Å². The van der Waals surface area contributed by atoms with Crippen molar-refractivity contribution in [1.29, 1.82) is 0 Å². The topological polar surface area (TPSA) is 29.5 Å². The third-order valence-electron chi connectivity index (χ3n) is 2.99. The number of likely N-dealkylation sites (tertiary alicyclic amines) is 1. The van der Waals surface area contributed by atoms with E-state index in [1.54, 1.807) is 0 Å². The van der Waals surface area contributed by atoms with Gasteiger partial charge in [-0.2, -0.15) is 13.2 Å². The van der Waals surface area contributed by atoms with Gasteiger partial charge >= 0.3 is 6.18 Å². The molecule has 0 unspecified atom stereocenters. The first kappa shape index (κ1) is 15.8. The fourth-order valence-corrected chi connectivity index (χ4v) is 1.88. The minimum absolute atomic E-state index is 0.139. The lowest BCUT2D eigenvalue weighted by molar-refractivity contribution is -0.121. The fraction of sp³-hybridized carbons (Fsp3) is 0.615. The molecule has 1 heterocycles. The molecular weight excluding hydrogens is 259 g/mol. The molecule has 1 fully saturated rings. The summed E-state index contributed by atoms with van der Waals surface area (Å²) in [4.78, 5) is 13.0. The Morgan fingerprint density at radius 2 is 2.00 bits per heavy atom.